The Morgan fingerprint density at radius 3 is 2.72 bits per heavy atom. The van der Waals surface area contributed by atoms with E-state index in [0.717, 1.165) is 16.5 Å². The smallest absolute Gasteiger partial charge is 0.311 e. The van der Waals surface area contributed by atoms with Crippen molar-refractivity contribution in [3.05, 3.63) is 87.7 Å². The van der Waals surface area contributed by atoms with Crippen molar-refractivity contribution < 1.29 is 9.59 Å². The van der Waals surface area contributed by atoms with Crippen LogP contribution in [-0.2, 0) is 4.79 Å². The highest BCUT2D eigenvalue weighted by atomic mass is 35.5. The maximum Gasteiger partial charge on any atom is 0.311 e. The van der Waals surface area contributed by atoms with Crippen LogP contribution in [0, 0.1) is 6.92 Å². The van der Waals surface area contributed by atoms with Gasteiger partial charge in [-0.1, -0.05) is 35.9 Å². The van der Waals surface area contributed by atoms with E-state index in [1.54, 1.807) is 43.3 Å². The van der Waals surface area contributed by atoms with Crippen molar-refractivity contribution in [1.82, 2.24) is 24.4 Å². The van der Waals surface area contributed by atoms with Gasteiger partial charge in [-0.15, -0.1) is 0 Å². The van der Waals surface area contributed by atoms with Crippen LogP contribution in [0.15, 0.2) is 65.8 Å². The number of benzene rings is 2. The van der Waals surface area contributed by atoms with Crippen molar-refractivity contribution in [2.45, 2.75) is 6.92 Å². The summed E-state index contributed by atoms with van der Waals surface area (Å²) >= 11 is 6.04. The number of rotatable bonds is 4. The lowest BCUT2D eigenvalue weighted by Gasteiger charge is -2.08. The van der Waals surface area contributed by atoms with Crippen LogP contribution in [0.3, 0.4) is 0 Å². The van der Waals surface area contributed by atoms with Gasteiger partial charge in [0.25, 0.3) is 11.3 Å². The maximum atomic E-state index is 12.9. The molecule has 0 saturated carbocycles. The van der Waals surface area contributed by atoms with Crippen molar-refractivity contribution in [2.24, 2.45) is 0 Å². The zero-order valence-electron chi connectivity index (χ0n) is 16.7. The molecule has 0 saturated heterocycles. The number of hydrogen-bond donors (Lipinski definition) is 2. The maximum absolute atomic E-state index is 12.9. The SMILES string of the molecule is Cc1[nH]c2ccccc2c1C(=O)C(=O)Nn1cnc2c(cnn2-c2cccc(Cl)c2)c1=O. The number of nitrogens with zero attached hydrogens (tertiary/aromatic N) is 4. The Labute approximate surface area is 185 Å². The Bertz CT molecular complexity index is 1600. The number of nitrogens with one attached hydrogen (secondary N) is 2. The van der Waals surface area contributed by atoms with E-state index in [-0.39, 0.29) is 10.9 Å². The molecule has 0 aliphatic heterocycles. The molecule has 0 fully saturated rings. The monoisotopic (exact) mass is 446 g/mol. The third kappa shape index (κ3) is 3.15. The molecule has 2 N–H and O–H groups in total. The highest BCUT2D eigenvalue weighted by Crippen LogP contribution is 2.22. The number of H-pyrrole nitrogens is 1. The third-order valence-corrected chi connectivity index (χ3v) is 5.33. The molecule has 32 heavy (non-hydrogen) atoms. The quantitative estimate of drug-likeness (QED) is 0.325. The van der Waals surface area contributed by atoms with E-state index in [2.05, 4.69) is 20.5 Å². The number of Topliss-reactive ketones (excluding diaryl/α,β-unsaturated/α-hetero) is 1. The summed E-state index contributed by atoms with van der Waals surface area (Å²) in [5.41, 5.74) is 4.24. The zero-order chi connectivity index (χ0) is 22.4. The van der Waals surface area contributed by atoms with Crippen molar-refractivity contribution in [3.63, 3.8) is 0 Å². The minimum absolute atomic E-state index is 0.170. The average Bonchev–Trinajstić information content (AvgIpc) is 3.36. The summed E-state index contributed by atoms with van der Waals surface area (Å²) in [6, 6.07) is 14.1. The molecule has 158 valence electrons. The van der Waals surface area contributed by atoms with Crippen LogP contribution in [0.4, 0.5) is 0 Å². The number of halogens is 1. The minimum atomic E-state index is -0.955. The van der Waals surface area contributed by atoms with Crippen LogP contribution in [0.25, 0.3) is 27.6 Å². The second-order valence-corrected chi connectivity index (χ2v) is 7.57. The van der Waals surface area contributed by atoms with Crippen LogP contribution < -0.4 is 11.0 Å². The molecule has 5 aromatic rings. The summed E-state index contributed by atoms with van der Waals surface area (Å²) in [4.78, 5) is 45.7. The Morgan fingerprint density at radius 1 is 1.09 bits per heavy atom. The number of amides is 1. The third-order valence-electron chi connectivity index (χ3n) is 5.09. The molecule has 2 aromatic carbocycles. The van der Waals surface area contributed by atoms with Gasteiger partial charge in [-0.25, -0.2) is 14.3 Å². The van der Waals surface area contributed by atoms with Gasteiger partial charge in [-0.05, 0) is 31.2 Å². The second kappa shape index (κ2) is 7.47. The molecular weight excluding hydrogens is 432 g/mol. The van der Waals surface area contributed by atoms with E-state index in [1.165, 1.54) is 10.9 Å². The first-order valence-electron chi connectivity index (χ1n) is 9.58. The van der Waals surface area contributed by atoms with Gasteiger partial charge in [0.05, 0.1) is 17.4 Å². The highest BCUT2D eigenvalue weighted by molar-refractivity contribution is 6.47. The zero-order valence-corrected chi connectivity index (χ0v) is 17.4. The summed E-state index contributed by atoms with van der Waals surface area (Å²) in [6.07, 6.45) is 2.49. The number of aromatic amines is 1. The summed E-state index contributed by atoms with van der Waals surface area (Å²) in [7, 11) is 0. The number of fused-ring (bicyclic) bond motifs is 2. The van der Waals surface area contributed by atoms with Crippen LogP contribution in [-0.4, -0.2) is 36.1 Å². The van der Waals surface area contributed by atoms with Gasteiger partial charge in [0.15, 0.2) is 5.65 Å². The standard InChI is InChI=1S/C22H15ClN6O3/c1-12-18(15-7-2-3-8-17(15)26-12)19(30)21(31)27-28-11-24-20-16(22(28)32)10-25-29(20)14-6-4-5-13(23)9-14/h2-11,26H,1H3,(H,27,31). The summed E-state index contributed by atoms with van der Waals surface area (Å²) in [5, 5.41) is 5.52. The van der Waals surface area contributed by atoms with Gasteiger partial charge in [-0.3, -0.25) is 19.8 Å². The molecule has 9 nitrogen and oxygen atoms in total. The Morgan fingerprint density at radius 2 is 1.91 bits per heavy atom. The molecule has 0 aliphatic carbocycles. The topological polar surface area (TPSA) is 115 Å². The van der Waals surface area contributed by atoms with E-state index in [0.29, 0.717) is 27.4 Å². The molecule has 10 heteroatoms. The fourth-order valence-electron chi connectivity index (χ4n) is 3.63. The van der Waals surface area contributed by atoms with E-state index in [9.17, 15) is 14.4 Å². The van der Waals surface area contributed by atoms with Crippen LogP contribution in [0.2, 0.25) is 5.02 Å². The van der Waals surface area contributed by atoms with E-state index in [4.69, 9.17) is 11.6 Å². The van der Waals surface area contributed by atoms with Crippen molar-refractivity contribution in [3.8, 4) is 5.69 Å². The lowest BCUT2D eigenvalue weighted by atomic mass is 10.1. The molecule has 5 rings (SSSR count). The van der Waals surface area contributed by atoms with E-state index < -0.39 is 17.2 Å². The fourth-order valence-corrected chi connectivity index (χ4v) is 3.82. The largest absolute Gasteiger partial charge is 0.358 e. The first-order valence-corrected chi connectivity index (χ1v) is 9.96. The van der Waals surface area contributed by atoms with Crippen LogP contribution >= 0.6 is 11.6 Å². The average molecular weight is 447 g/mol. The first kappa shape index (κ1) is 19.7. The lowest BCUT2D eigenvalue weighted by Crippen LogP contribution is -2.37. The molecular formula is C22H15ClN6O3. The number of hydrogen-bond acceptors (Lipinski definition) is 5. The van der Waals surface area contributed by atoms with E-state index in [1.807, 2.05) is 12.1 Å². The fraction of sp³-hybridized carbons (Fsp3) is 0.0455. The molecule has 0 atom stereocenters. The van der Waals surface area contributed by atoms with Gasteiger partial charge >= 0.3 is 5.91 Å². The van der Waals surface area contributed by atoms with Gasteiger partial charge in [0, 0.05) is 21.6 Å². The molecule has 0 aliphatic rings. The highest BCUT2D eigenvalue weighted by Gasteiger charge is 2.23. The molecule has 1 amide bonds. The lowest BCUT2D eigenvalue weighted by molar-refractivity contribution is -0.113. The number of aromatic nitrogens is 5. The Kier molecular flexibility index (Phi) is 4.60. The molecule has 3 aromatic heterocycles. The van der Waals surface area contributed by atoms with Gasteiger partial charge in [0.1, 0.15) is 11.7 Å². The predicted molar refractivity (Wildman–Crippen MR) is 120 cm³/mol. The number of aryl methyl sites for hydroxylation is 1. The van der Waals surface area contributed by atoms with Crippen LogP contribution in [0.5, 0.6) is 0 Å². The van der Waals surface area contributed by atoms with Crippen LogP contribution in [0.1, 0.15) is 16.1 Å². The van der Waals surface area contributed by atoms with Crippen molar-refractivity contribution in [2.75, 3.05) is 5.43 Å². The molecule has 0 radical (unpaired) electrons. The van der Waals surface area contributed by atoms with Gasteiger partial charge in [-0.2, -0.15) is 5.10 Å². The molecule has 3 heterocycles. The molecule has 0 unspecified atom stereocenters. The van der Waals surface area contributed by atoms with Gasteiger partial charge in [0.2, 0.25) is 0 Å². The van der Waals surface area contributed by atoms with Crippen molar-refractivity contribution >= 4 is 45.2 Å². The Balaban J connectivity index is 1.48. The Hall–Kier alpha value is -4.24. The summed E-state index contributed by atoms with van der Waals surface area (Å²) in [5.74, 6) is -1.72. The predicted octanol–water partition coefficient (Wildman–Crippen LogP) is 2.98. The first-order chi connectivity index (χ1) is 15.4. The molecule has 0 bridgehead atoms. The van der Waals surface area contributed by atoms with Gasteiger partial charge < -0.3 is 4.98 Å². The molecule has 0 spiro atoms. The minimum Gasteiger partial charge on any atom is -0.358 e. The summed E-state index contributed by atoms with van der Waals surface area (Å²) < 4.78 is 2.34. The van der Waals surface area contributed by atoms with E-state index >= 15 is 0 Å². The number of carbonyl (C=O) groups is 2. The number of para-hydroxylation sites is 1. The van der Waals surface area contributed by atoms with Crippen molar-refractivity contribution in [1.29, 1.82) is 0 Å². The normalized spacial score (nSPS) is 11.2. The number of carbonyl (C=O) groups excluding carboxylic acids is 2. The summed E-state index contributed by atoms with van der Waals surface area (Å²) in [6.45, 7) is 1.71. The second-order valence-electron chi connectivity index (χ2n) is 7.13. The number of ketones is 1.